The fourth-order valence-electron chi connectivity index (χ4n) is 2.60. The van der Waals surface area contributed by atoms with Gasteiger partial charge in [-0.25, -0.2) is 0 Å². The topological polar surface area (TPSA) is 32.3 Å². The molecular formula is C17H26N2O. The minimum Gasteiger partial charge on any atom is -0.360 e. The van der Waals surface area contributed by atoms with E-state index in [1.165, 1.54) is 24.8 Å². The molecule has 20 heavy (non-hydrogen) atoms. The van der Waals surface area contributed by atoms with E-state index in [9.17, 15) is 4.79 Å². The summed E-state index contributed by atoms with van der Waals surface area (Å²) >= 11 is 0. The summed E-state index contributed by atoms with van der Waals surface area (Å²) in [6, 6.07) is 8.56. The Kier molecular flexibility index (Phi) is 5.05. The van der Waals surface area contributed by atoms with Crippen LogP contribution in [0.25, 0.3) is 0 Å². The number of benzene rings is 1. The van der Waals surface area contributed by atoms with Crippen molar-refractivity contribution in [2.75, 3.05) is 18.0 Å². The Balaban J connectivity index is 1.95. The molecule has 2 rings (SSSR count). The van der Waals surface area contributed by atoms with Gasteiger partial charge in [-0.3, -0.25) is 4.79 Å². The van der Waals surface area contributed by atoms with Crippen molar-refractivity contribution in [1.29, 1.82) is 0 Å². The molecule has 0 aromatic heterocycles. The highest BCUT2D eigenvalue weighted by molar-refractivity contribution is 5.81. The Bertz CT molecular complexity index is 452. The van der Waals surface area contributed by atoms with E-state index in [0.717, 1.165) is 12.2 Å². The Morgan fingerprint density at radius 3 is 2.60 bits per heavy atom. The van der Waals surface area contributed by atoms with Crippen LogP contribution in [-0.4, -0.2) is 25.0 Å². The molecule has 1 fully saturated rings. The number of nitrogens with one attached hydrogen (secondary N) is 1. The Labute approximate surface area is 122 Å². The molecule has 0 radical (unpaired) electrons. The normalized spacial score (nSPS) is 15.0. The van der Waals surface area contributed by atoms with Gasteiger partial charge in [0, 0.05) is 18.3 Å². The number of nitrogens with zero attached hydrogens (tertiary/aromatic N) is 1. The first-order valence-electron chi connectivity index (χ1n) is 7.67. The zero-order valence-electron chi connectivity index (χ0n) is 12.9. The van der Waals surface area contributed by atoms with E-state index in [-0.39, 0.29) is 5.91 Å². The average Bonchev–Trinajstić information content (AvgIpc) is 2.35. The van der Waals surface area contributed by atoms with E-state index in [1.54, 1.807) is 0 Å². The lowest BCUT2D eigenvalue weighted by Crippen LogP contribution is -2.43. The van der Waals surface area contributed by atoms with Gasteiger partial charge in [0.2, 0.25) is 5.91 Å². The lowest BCUT2D eigenvalue weighted by atomic mass is 9.85. The van der Waals surface area contributed by atoms with Crippen LogP contribution in [0.3, 0.4) is 0 Å². The largest absolute Gasteiger partial charge is 0.360 e. The van der Waals surface area contributed by atoms with Crippen molar-refractivity contribution in [3.05, 3.63) is 29.8 Å². The molecule has 3 heteroatoms. The summed E-state index contributed by atoms with van der Waals surface area (Å²) in [5.74, 6) is 0.846. The number of para-hydroxylation sites is 1. The molecule has 0 atom stereocenters. The predicted octanol–water partition coefficient (Wildman–Crippen LogP) is 3.13. The van der Waals surface area contributed by atoms with Crippen LogP contribution < -0.4 is 10.2 Å². The van der Waals surface area contributed by atoms with Gasteiger partial charge in [-0.05, 0) is 51.2 Å². The number of anilines is 1. The summed E-state index contributed by atoms with van der Waals surface area (Å²) in [4.78, 5) is 14.3. The first kappa shape index (κ1) is 14.9. The summed E-state index contributed by atoms with van der Waals surface area (Å²) in [6.45, 7) is 7.64. The van der Waals surface area contributed by atoms with Crippen LogP contribution in [0, 0.1) is 12.8 Å². The van der Waals surface area contributed by atoms with Gasteiger partial charge in [-0.1, -0.05) is 24.6 Å². The molecule has 0 bridgehead atoms. The van der Waals surface area contributed by atoms with Crippen LogP contribution in [-0.2, 0) is 4.79 Å². The highest BCUT2D eigenvalue weighted by Crippen LogP contribution is 2.25. The number of hydrogen-bond donors (Lipinski definition) is 1. The van der Waals surface area contributed by atoms with E-state index in [1.807, 2.05) is 12.1 Å². The van der Waals surface area contributed by atoms with Gasteiger partial charge in [0.25, 0.3) is 0 Å². The van der Waals surface area contributed by atoms with Gasteiger partial charge < -0.3 is 10.2 Å². The van der Waals surface area contributed by atoms with Gasteiger partial charge in [0.15, 0.2) is 0 Å². The molecule has 0 aliphatic heterocycles. The van der Waals surface area contributed by atoms with Gasteiger partial charge in [0.05, 0.1) is 6.54 Å². The van der Waals surface area contributed by atoms with E-state index >= 15 is 0 Å². The molecule has 1 aromatic carbocycles. The quantitative estimate of drug-likeness (QED) is 0.864. The van der Waals surface area contributed by atoms with Crippen LogP contribution in [0.4, 0.5) is 5.69 Å². The molecule has 1 aliphatic carbocycles. The maximum absolute atomic E-state index is 12.1. The van der Waals surface area contributed by atoms with E-state index in [2.05, 4.69) is 43.1 Å². The second-order valence-electron chi connectivity index (χ2n) is 6.11. The molecule has 3 nitrogen and oxygen atoms in total. The lowest BCUT2D eigenvalue weighted by molar-refractivity contribution is -0.120. The maximum Gasteiger partial charge on any atom is 0.239 e. The van der Waals surface area contributed by atoms with Gasteiger partial charge in [-0.2, -0.15) is 0 Å². The number of rotatable bonds is 6. The molecule has 0 heterocycles. The number of amides is 1. The minimum absolute atomic E-state index is 0.133. The van der Waals surface area contributed by atoms with Gasteiger partial charge >= 0.3 is 0 Å². The summed E-state index contributed by atoms with van der Waals surface area (Å²) in [7, 11) is 0. The zero-order valence-corrected chi connectivity index (χ0v) is 12.9. The van der Waals surface area contributed by atoms with Crippen molar-refractivity contribution in [1.82, 2.24) is 5.32 Å². The third-order valence-corrected chi connectivity index (χ3v) is 4.17. The molecule has 1 aliphatic rings. The van der Waals surface area contributed by atoms with Crippen molar-refractivity contribution >= 4 is 11.6 Å². The molecule has 0 spiro atoms. The second-order valence-corrected chi connectivity index (χ2v) is 6.11. The third-order valence-electron chi connectivity index (χ3n) is 4.17. The predicted molar refractivity (Wildman–Crippen MR) is 84.0 cm³/mol. The van der Waals surface area contributed by atoms with Crippen molar-refractivity contribution in [2.24, 2.45) is 5.92 Å². The van der Waals surface area contributed by atoms with E-state index in [0.29, 0.717) is 18.5 Å². The average molecular weight is 274 g/mol. The van der Waals surface area contributed by atoms with Crippen molar-refractivity contribution in [3.8, 4) is 0 Å². The summed E-state index contributed by atoms with van der Waals surface area (Å²) in [6.07, 6.45) is 3.86. The molecule has 1 saturated carbocycles. The van der Waals surface area contributed by atoms with Crippen LogP contribution in [0.15, 0.2) is 24.3 Å². The van der Waals surface area contributed by atoms with Crippen LogP contribution in [0.5, 0.6) is 0 Å². The number of carbonyl (C=O) groups is 1. The summed E-state index contributed by atoms with van der Waals surface area (Å²) < 4.78 is 0. The second kappa shape index (κ2) is 6.78. The van der Waals surface area contributed by atoms with E-state index in [4.69, 9.17) is 0 Å². The van der Waals surface area contributed by atoms with Crippen LogP contribution >= 0.6 is 0 Å². The zero-order chi connectivity index (χ0) is 14.5. The smallest absolute Gasteiger partial charge is 0.239 e. The molecule has 1 aromatic rings. The van der Waals surface area contributed by atoms with Crippen molar-refractivity contribution < 1.29 is 4.79 Å². The highest BCUT2D eigenvalue weighted by Gasteiger charge is 2.20. The molecule has 1 N–H and O–H groups in total. The highest BCUT2D eigenvalue weighted by atomic mass is 16.2. The number of hydrogen-bond acceptors (Lipinski definition) is 2. The van der Waals surface area contributed by atoms with Gasteiger partial charge in [-0.15, -0.1) is 0 Å². The first-order chi connectivity index (χ1) is 9.58. The number of carbonyl (C=O) groups excluding carboxylic acids is 1. The van der Waals surface area contributed by atoms with Crippen LogP contribution in [0.1, 0.15) is 38.7 Å². The van der Waals surface area contributed by atoms with Crippen LogP contribution in [0.2, 0.25) is 0 Å². The SMILES string of the molecule is Cc1ccccc1N(CC(=O)NCC1CCC1)C(C)C. The fourth-order valence-corrected chi connectivity index (χ4v) is 2.60. The maximum atomic E-state index is 12.1. The summed E-state index contributed by atoms with van der Waals surface area (Å²) in [5, 5.41) is 3.08. The lowest BCUT2D eigenvalue weighted by Gasteiger charge is -2.31. The molecule has 110 valence electrons. The summed E-state index contributed by atoms with van der Waals surface area (Å²) in [5.41, 5.74) is 2.37. The first-order valence-corrected chi connectivity index (χ1v) is 7.67. The Morgan fingerprint density at radius 1 is 1.35 bits per heavy atom. The fraction of sp³-hybridized carbons (Fsp3) is 0.588. The molecule has 0 unspecified atom stereocenters. The van der Waals surface area contributed by atoms with Gasteiger partial charge in [0.1, 0.15) is 0 Å². The minimum atomic E-state index is 0.133. The van der Waals surface area contributed by atoms with E-state index < -0.39 is 0 Å². The Hall–Kier alpha value is -1.51. The monoisotopic (exact) mass is 274 g/mol. The molecule has 0 saturated heterocycles. The molecular weight excluding hydrogens is 248 g/mol. The standard InChI is InChI=1S/C17H26N2O/c1-13(2)19(16-10-5-4-7-14(16)3)12-17(20)18-11-15-8-6-9-15/h4-5,7,10,13,15H,6,8-9,11-12H2,1-3H3,(H,18,20). The number of aryl methyl sites for hydroxylation is 1. The third kappa shape index (κ3) is 3.75. The van der Waals surface area contributed by atoms with Crippen molar-refractivity contribution in [3.63, 3.8) is 0 Å². The molecule has 1 amide bonds. The Morgan fingerprint density at radius 2 is 2.05 bits per heavy atom. The van der Waals surface area contributed by atoms with Crippen molar-refractivity contribution in [2.45, 2.75) is 46.1 Å².